The van der Waals surface area contributed by atoms with E-state index >= 15 is 0 Å². The summed E-state index contributed by atoms with van der Waals surface area (Å²) < 4.78 is 37.3. The van der Waals surface area contributed by atoms with Gasteiger partial charge in [0.1, 0.15) is 6.10 Å². The molecule has 0 amide bonds. The Morgan fingerprint density at radius 1 is 1.28 bits per heavy atom. The van der Waals surface area contributed by atoms with Crippen molar-refractivity contribution in [3.8, 4) is 0 Å². The maximum absolute atomic E-state index is 12.4. The van der Waals surface area contributed by atoms with Crippen LogP contribution in [0.5, 0.6) is 0 Å². The molecule has 0 aliphatic rings. The Balaban J connectivity index is 2.32. The van der Waals surface area contributed by atoms with E-state index in [0.29, 0.717) is 16.9 Å². The first-order valence-corrected chi connectivity index (χ1v) is 6.70. The lowest BCUT2D eigenvalue weighted by Crippen LogP contribution is -2.03. The second kappa shape index (κ2) is 4.64. The van der Waals surface area contributed by atoms with Crippen molar-refractivity contribution in [3.63, 3.8) is 0 Å². The lowest BCUT2D eigenvalue weighted by Gasteiger charge is -2.07. The van der Waals surface area contributed by atoms with Crippen LogP contribution in [0.1, 0.15) is 31.3 Å². The first-order valence-electron chi connectivity index (χ1n) is 5.07. The Hall–Kier alpha value is -0.920. The molecule has 0 saturated carbocycles. The van der Waals surface area contributed by atoms with Crippen molar-refractivity contribution in [3.05, 3.63) is 37.5 Å². The van der Waals surface area contributed by atoms with E-state index in [1.807, 2.05) is 13.8 Å². The molecule has 98 valence electrons. The molecule has 7 heteroatoms. The van der Waals surface area contributed by atoms with Gasteiger partial charge < -0.3 is 5.11 Å². The summed E-state index contributed by atoms with van der Waals surface area (Å²) in [7, 11) is 0. The average Bonchev–Trinajstić information content (AvgIpc) is 2.83. The van der Waals surface area contributed by atoms with Gasteiger partial charge in [0.05, 0.1) is 4.88 Å². The van der Waals surface area contributed by atoms with Crippen LogP contribution in [0.2, 0.25) is 0 Å². The second-order valence-corrected chi connectivity index (χ2v) is 6.36. The fourth-order valence-corrected chi connectivity index (χ4v) is 3.36. The van der Waals surface area contributed by atoms with Crippen LogP contribution in [-0.2, 0) is 6.18 Å². The zero-order chi connectivity index (χ0) is 13.5. The third-order valence-electron chi connectivity index (χ3n) is 2.41. The molecule has 1 unspecified atom stereocenters. The number of hydrogen-bond donors (Lipinski definition) is 1. The Kier molecular flexibility index (Phi) is 3.48. The standard InChI is InChI=1S/C11H10F3NOS2/c1-5-3-7(6(2)17-5)9(16)8-4-15-10(18-8)11(12,13)14/h3-4,9,16H,1-2H3. The molecular weight excluding hydrogens is 283 g/mol. The molecule has 2 aromatic rings. The minimum atomic E-state index is -4.46. The Bertz CT molecular complexity index is 559. The van der Waals surface area contributed by atoms with E-state index in [1.165, 1.54) is 11.3 Å². The first kappa shape index (κ1) is 13.5. The molecule has 0 fully saturated rings. The number of nitrogens with zero attached hydrogens (tertiary/aromatic N) is 1. The maximum atomic E-state index is 12.4. The fraction of sp³-hybridized carbons (Fsp3) is 0.364. The summed E-state index contributed by atoms with van der Waals surface area (Å²) in [5.74, 6) is 0. The van der Waals surface area contributed by atoms with Gasteiger partial charge in [-0.1, -0.05) is 0 Å². The number of thiophene rings is 1. The van der Waals surface area contributed by atoms with Gasteiger partial charge in [-0.25, -0.2) is 4.98 Å². The van der Waals surface area contributed by atoms with Crippen LogP contribution in [0.3, 0.4) is 0 Å². The highest BCUT2D eigenvalue weighted by atomic mass is 32.1. The molecule has 18 heavy (non-hydrogen) atoms. The molecule has 0 spiro atoms. The predicted molar refractivity (Wildman–Crippen MR) is 65.0 cm³/mol. The van der Waals surface area contributed by atoms with Crippen molar-refractivity contribution in [1.29, 1.82) is 0 Å². The van der Waals surface area contributed by atoms with Crippen molar-refractivity contribution < 1.29 is 18.3 Å². The van der Waals surface area contributed by atoms with Crippen molar-refractivity contribution in [2.24, 2.45) is 0 Å². The molecule has 2 aromatic heterocycles. The summed E-state index contributed by atoms with van der Waals surface area (Å²) in [5, 5.41) is 9.15. The minimum absolute atomic E-state index is 0.211. The van der Waals surface area contributed by atoms with E-state index in [4.69, 9.17) is 0 Å². The molecule has 0 aromatic carbocycles. The third-order valence-corrected chi connectivity index (χ3v) is 4.49. The van der Waals surface area contributed by atoms with Crippen LogP contribution in [0.4, 0.5) is 13.2 Å². The highest BCUT2D eigenvalue weighted by Crippen LogP contribution is 2.37. The predicted octanol–water partition coefficient (Wildman–Crippen LogP) is 3.92. The zero-order valence-corrected chi connectivity index (χ0v) is 11.2. The smallest absolute Gasteiger partial charge is 0.383 e. The molecule has 0 aliphatic carbocycles. The van der Waals surface area contributed by atoms with Gasteiger partial charge in [0.25, 0.3) is 0 Å². The summed E-state index contributed by atoms with van der Waals surface area (Å²) in [6.45, 7) is 3.73. The highest BCUT2D eigenvalue weighted by molar-refractivity contribution is 7.12. The van der Waals surface area contributed by atoms with Gasteiger partial charge in [-0.2, -0.15) is 13.2 Å². The zero-order valence-electron chi connectivity index (χ0n) is 9.58. The van der Waals surface area contributed by atoms with Crippen LogP contribution in [0.15, 0.2) is 12.3 Å². The number of aromatic nitrogens is 1. The molecule has 1 atom stereocenters. The van der Waals surface area contributed by atoms with Crippen LogP contribution in [0.25, 0.3) is 0 Å². The first-order chi connectivity index (χ1) is 8.29. The van der Waals surface area contributed by atoms with Gasteiger partial charge in [0.2, 0.25) is 0 Å². The van der Waals surface area contributed by atoms with Crippen LogP contribution >= 0.6 is 22.7 Å². The number of hydrogen-bond acceptors (Lipinski definition) is 4. The van der Waals surface area contributed by atoms with E-state index in [0.717, 1.165) is 16.0 Å². The normalized spacial score (nSPS) is 13.9. The minimum Gasteiger partial charge on any atom is -0.383 e. The lowest BCUT2D eigenvalue weighted by atomic mass is 10.1. The summed E-state index contributed by atoms with van der Waals surface area (Å²) in [4.78, 5) is 5.44. The largest absolute Gasteiger partial charge is 0.443 e. The quantitative estimate of drug-likeness (QED) is 0.910. The van der Waals surface area contributed by atoms with Crippen LogP contribution in [0, 0.1) is 13.8 Å². The maximum Gasteiger partial charge on any atom is 0.443 e. The third kappa shape index (κ3) is 2.57. The SMILES string of the molecule is Cc1cc(C(O)c2cnc(C(F)(F)F)s2)c(C)s1. The van der Waals surface area contributed by atoms with Gasteiger partial charge in [-0.15, -0.1) is 22.7 Å². The monoisotopic (exact) mass is 293 g/mol. The molecular formula is C11H10F3NOS2. The second-order valence-electron chi connectivity index (χ2n) is 3.84. The summed E-state index contributed by atoms with van der Waals surface area (Å²) >= 11 is 1.99. The average molecular weight is 293 g/mol. The lowest BCUT2D eigenvalue weighted by molar-refractivity contribution is -0.137. The molecule has 0 aliphatic heterocycles. The van der Waals surface area contributed by atoms with E-state index < -0.39 is 17.3 Å². The topological polar surface area (TPSA) is 33.1 Å². The molecule has 0 bridgehead atoms. The highest BCUT2D eigenvalue weighted by Gasteiger charge is 2.35. The van der Waals surface area contributed by atoms with Crippen molar-refractivity contribution in [2.75, 3.05) is 0 Å². The van der Waals surface area contributed by atoms with Gasteiger partial charge in [0.15, 0.2) is 5.01 Å². The number of thiazole rings is 1. The Morgan fingerprint density at radius 2 is 1.94 bits per heavy atom. The molecule has 2 heterocycles. The van der Waals surface area contributed by atoms with Crippen molar-refractivity contribution in [2.45, 2.75) is 26.1 Å². The number of aliphatic hydroxyl groups is 1. The van der Waals surface area contributed by atoms with Gasteiger partial charge >= 0.3 is 6.18 Å². The molecule has 2 rings (SSSR count). The summed E-state index contributed by atoms with van der Waals surface area (Å²) in [6, 6.07) is 1.79. The summed E-state index contributed by atoms with van der Waals surface area (Å²) in [5.41, 5.74) is 0.648. The van der Waals surface area contributed by atoms with E-state index in [1.54, 1.807) is 6.07 Å². The van der Waals surface area contributed by atoms with Crippen LogP contribution in [-0.4, -0.2) is 10.1 Å². The molecule has 2 nitrogen and oxygen atoms in total. The van der Waals surface area contributed by atoms with E-state index in [-0.39, 0.29) is 4.88 Å². The van der Waals surface area contributed by atoms with Crippen LogP contribution < -0.4 is 0 Å². The van der Waals surface area contributed by atoms with E-state index in [9.17, 15) is 18.3 Å². The van der Waals surface area contributed by atoms with Gasteiger partial charge in [0, 0.05) is 16.0 Å². The number of alkyl halides is 3. The molecule has 0 saturated heterocycles. The van der Waals surface area contributed by atoms with Crippen molar-refractivity contribution >= 4 is 22.7 Å². The fourth-order valence-electron chi connectivity index (χ4n) is 1.62. The molecule has 1 N–H and O–H groups in total. The number of aryl methyl sites for hydroxylation is 2. The summed E-state index contributed by atoms with van der Waals surface area (Å²) in [6.07, 6.45) is -4.41. The van der Waals surface area contributed by atoms with Gasteiger partial charge in [-0.05, 0) is 25.5 Å². The Labute approximate surface area is 110 Å². The Morgan fingerprint density at radius 3 is 2.39 bits per heavy atom. The van der Waals surface area contributed by atoms with Crippen molar-refractivity contribution in [1.82, 2.24) is 4.98 Å². The van der Waals surface area contributed by atoms with Gasteiger partial charge in [-0.3, -0.25) is 0 Å². The molecule has 0 radical (unpaired) electrons. The van der Waals surface area contributed by atoms with E-state index in [2.05, 4.69) is 4.98 Å². The number of rotatable bonds is 2. The number of aliphatic hydroxyl groups excluding tert-OH is 1. The number of halogens is 3.